The molecule has 1 aromatic rings. The molecule has 0 atom stereocenters. The van der Waals surface area contributed by atoms with Crippen LogP contribution in [0, 0.1) is 7.14 Å². The van der Waals surface area contributed by atoms with E-state index in [2.05, 4.69) is 45.2 Å². The molecule has 0 heterocycles. The average Bonchev–Trinajstić information content (AvgIpc) is 1.82. The van der Waals surface area contributed by atoms with Gasteiger partial charge in [-0.3, -0.25) is 0 Å². The maximum absolute atomic E-state index is 5.76. The van der Waals surface area contributed by atoms with Crippen LogP contribution in [0.2, 0.25) is 5.02 Å². The maximum atomic E-state index is 5.76. The van der Waals surface area contributed by atoms with Gasteiger partial charge in [-0.1, -0.05) is 11.6 Å². The Morgan fingerprint density at radius 2 is 1.55 bits per heavy atom. The fourth-order valence-corrected chi connectivity index (χ4v) is 2.91. The molecule has 0 aromatic heterocycles. The zero-order valence-electron chi connectivity index (χ0n) is 5.27. The number of hydrogen-bond donors (Lipinski definition) is 1. The number of nitrogens with two attached hydrogens (primary N) is 1. The molecule has 0 fully saturated rings. The topological polar surface area (TPSA) is 26.0 Å². The molecule has 11 heavy (non-hydrogen) atoms. The molecule has 5 heteroatoms. The number of hydrogen-bond acceptors (Lipinski definition) is 1. The summed E-state index contributed by atoms with van der Waals surface area (Å²) in [5, 5.41) is 0.739. The lowest BCUT2D eigenvalue weighted by Crippen LogP contribution is -1.92. The molecular weight excluding hydrogens is 411 g/mol. The fourth-order valence-electron chi connectivity index (χ4n) is 0.553. The Labute approximate surface area is 104 Å². The zero-order chi connectivity index (χ0) is 7.72. The summed E-state index contributed by atoms with van der Waals surface area (Å²) in [6.07, 6.45) is 0. The lowest BCUT2D eigenvalue weighted by molar-refractivity contribution is 1.58. The minimum atomic E-state index is 0. The normalized spacial score (nSPS) is 9.00. The second kappa shape index (κ2) is 4.94. The molecule has 0 aliphatic carbocycles. The lowest BCUT2D eigenvalue weighted by atomic mass is 10.3. The van der Waals surface area contributed by atoms with Gasteiger partial charge in [0, 0.05) is 12.2 Å². The van der Waals surface area contributed by atoms with Crippen molar-refractivity contribution in [3.05, 3.63) is 24.3 Å². The van der Waals surface area contributed by atoms with E-state index in [0.29, 0.717) is 0 Å². The first kappa shape index (κ1) is 12.1. The highest BCUT2D eigenvalue weighted by molar-refractivity contribution is 14.1. The van der Waals surface area contributed by atoms with Crippen LogP contribution in [-0.4, -0.2) is 0 Å². The smallest absolute Gasteiger partial charge is 0.0586 e. The van der Waals surface area contributed by atoms with E-state index in [9.17, 15) is 0 Å². The molecule has 1 aromatic carbocycles. The molecule has 0 radical (unpaired) electrons. The third kappa shape index (κ3) is 3.12. The molecule has 1 rings (SSSR count). The summed E-state index contributed by atoms with van der Waals surface area (Å²) in [6, 6.07) is 3.69. The van der Waals surface area contributed by atoms with Gasteiger partial charge in [0.25, 0.3) is 0 Å². The van der Waals surface area contributed by atoms with Crippen LogP contribution in [0.3, 0.4) is 0 Å². The molecule has 0 saturated carbocycles. The van der Waals surface area contributed by atoms with Crippen molar-refractivity contribution in [1.29, 1.82) is 0 Å². The Balaban J connectivity index is 0.000001000. The van der Waals surface area contributed by atoms with Gasteiger partial charge in [0.05, 0.1) is 5.69 Å². The summed E-state index contributed by atoms with van der Waals surface area (Å²) in [5.41, 5.74) is 6.49. The summed E-state index contributed by atoms with van der Waals surface area (Å²) in [7, 11) is 0. The highest BCUT2D eigenvalue weighted by atomic mass is 127. The van der Waals surface area contributed by atoms with Crippen LogP contribution >= 0.6 is 69.2 Å². The van der Waals surface area contributed by atoms with Gasteiger partial charge in [-0.25, -0.2) is 0 Å². The Morgan fingerprint density at radius 3 is 1.91 bits per heavy atom. The molecule has 1 nitrogen and oxygen atoms in total. The first-order chi connectivity index (χ1) is 4.61. The van der Waals surface area contributed by atoms with Crippen molar-refractivity contribution >= 4 is 74.9 Å². The standard InChI is InChI=1S/C6H4ClI2N.ClH/c7-3-1-4(8)6(10)5(9)2-3;/h1-2H,10H2;1H. The third-order valence-electron chi connectivity index (χ3n) is 1.04. The number of benzene rings is 1. The van der Waals surface area contributed by atoms with E-state index in [1.54, 1.807) is 0 Å². The Hall–Kier alpha value is 1.06. The van der Waals surface area contributed by atoms with Crippen molar-refractivity contribution in [2.24, 2.45) is 0 Å². The Bertz CT molecular complexity index is 242. The molecule has 0 spiro atoms. The molecule has 0 saturated heterocycles. The van der Waals surface area contributed by atoms with Crippen LogP contribution in [0.4, 0.5) is 5.69 Å². The monoisotopic (exact) mass is 415 g/mol. The summed E-state index contributed by atoms with van der Waals surface area (Å²) in [4.78, 5) is 0. The largest absolute Gasteiger partial charge is 0.397 e. The Kier molecular flexibility index (Phi) is 5.41. The van der Waals surface area contributed by atoms with Gasteiger partial charge < -0.3 is 5.73 Å². The van der Waals surface area contributed by atoms with Crippen molar-refractivity contribution in [3.63, 3.8) is 0 Å². The van der Waals surface area contributed by atoms with Crippen LogP contribution in [0.25, 0.3) is 0 Å². The van der Waals surface area contributed by atoms with Gasteiger partial charge in [-0.2, -0.15) is 0 Å². The molecule has 2 N–H and O–H groups in total. The molecule has 62 valence electrons. The first-order valence-corrected chi connectivity index (χ1v) is 5.05. The predicted octanol–water partition coefficient (Wildman–Crippen LogP) is 3.55. The lowest BCUT2D eigenvalue weighted by Gasteiger charge is -2.00. The molecular formula is C6H5Cl2I2N. The van der Waals surface area contributed by atoms with E-state index >= 15 is 0 Å². The Morgan fingerprint density at radius 1 is 1.18 bits per heavy atom. The second-order valence-electron chi connectivity index (χ2n) is 1.78. The summed E-state index contributed by atoms with van der Waals surface area (Å²) in [5.74, 6) is 0. The number of rotatable bonds is 0. The first-order valence-electron chi connectivity index (χ1n) is 2.51. The highest BCUT2D eigenvalue weighted by Crippen LogP contribution is 2.25. The van der Waals surface area contributed by atoms with E-state index < -0.39 is 0 Å². The molecule has 0 amide bonds. The number of halogens is 4. The summed E-state index contributed by atoms with van der Waals surface area (Å²) >= 11 is 10.1. The third-order valence-corrected chi connectivity index (χ3v) is 3.05. The molecule has 0 unspecified atom stereocenters. The maximum Gasteiger partial charge on any atom is 0.0586 e. The fraction of sp³-hybridized carbons (Fsp3) is 0. The van der Waals surface area contributed by atoms with Crippen molar-refractivity contribution < 1.29 is 0 Å². The van der Waals surface area contributed by atoms with Crippen molar-refractivity contribution in [1.82, 2.24) is 0 Å². The second-order valence-corrected chi connectivity index (χ2v) is 4.54. The van der Waals surface area contributed by atoms with Crippen molar-refractivity contribution in [2.45, 2.75) is 0 Å². The van der Waals surface area contributed by atoms with E-state index in [4.69, 9.17) is 17.3 Å². The van der Waals surface area contributed by atoms with Crippen LogP contribution in [0.15, 0.2) is 12.1 Å². The highest BCUT2D eigenvalue weighted by Gasteiger charge is 2.00. The van der Waals surface area contributed by atoms with E-state index in [0.717, 1.165) is 17.9 Å². The number of nitrogen functional groups attached to an aromatic ring is 1. The van der Waals surface area contributed by atoms with Crippen molar-refractivity contribution in [3.8, 4) is 0 Å². The van der Waals surface area contributed by atoms with Crippen LogP contribution in [-0.2, 0) is 0 Å². The zero-order valence-corrected chi connectivity index (χ0v) is 11.2. The van der Waals surface area contributed by atoms with Crippen LogP contribution in [0.1, 0.15) is 0 Å². The van der Waals surface area contributed by atoms with Crippen LogP contribution in [0.5, 0.6) is 0 Å². The molecule has 0 aliphatic rings. The SMILES string of the molecule is Cl.Nc1c(I)cc(Cl)cc1I. The number of anilines is 1. The van der Waals surface area contributed by atoms with E-state index in [-0.39, 0.29) is 12.4 Å². The molecule has 0 aliphatic heterocycles. The van der Waals surface area contributed by atoms with Crippen LogP contribution < -0.4 is 5.73 Å². The van der Waals surface area contributed by atoms with Gasteiger partial charge in [0.1, 0.15) is 0 Å². The minimum absolute atomic E-state index is 0. The van der Waals surface area contributed by atoms with E-state index in [1.807, 2.05) is 12.1 Å². The van der Waals surface area contributed by atoms with Gasteiger partial charge in [0.2, 0.25) is 0 Å². The van der Waals surface area contributed by atoms with Gasteiger partial charge in [-0.05, 0) is 57.3 Å². The quantitative estimate of drug-likeness (QED) is 0.509. The molecule has 0 bridgehead atoms. The summed E-state index contributed by atoms with van der Waals surface area (Å²) < 4.78 is 2.02. The van der Waals surface area contributed by atoms with E-state index in [1.165, 1.54) is 0 Å². The minimum Gasteiger partial charge on any atom is -0.397 e. The van der Waals surface area contributed by atoms with Crippen molar-refractivity contribution in [2.75, 3.05) is 5.73 Å². The predicted molar refractivity (Wildman–Crippen MR) is 68.5 cm³/mol. The van der Waals surface area contributed by atoms with Gasteiger partial charge in [0.15, 0.2) is 0 Å². The van der Waals surface area contributed by atoms with Gasteiger partial charge >= 0.3 is 0 Å². The average molecular weight is 416 g/mol. The van der Waals surface area contributed by atoms with Gasteiger partial charge in [-0.15, -0.1) is 12.4 Å². The summed E-state index contributed by atoms with van der Waals surface area (Å²) in [6.45, 7) is 0.